The Balaban J connectivity index is 1.57. The van der Waals surface area contributed by atoms with Crippen LogP contribution in [0.5, 0.6) is 0 Å². The van der Waals surface area contributed by atoms with Crippen molar-refractivity contribution in [3.63, 3.8) is 0 Å². The Hall–Kier alpha value is -2.04. The number of piperazine rings is 1. The highest BCUT2D eigenvalue weighted by atomic mass is 32.2. The summed E-state index contributed by atoms with van der Waals surface area (Å²) in [7, 11) is -7.53. The first-order valence-electron chi connectivity index (χ1n) is 10.0. The number of hydrogen-bond acceptors (Lipinski definition) is 6. The summed E-state index contributed by atoms with van der Waals surface area (Å²) in [6.45, 7) is 3.23. The zero-order valence-electron chi connectivity index (χ0n) is 17.0. The van der Waals surface area contributed by atoms with Gasteiger partial charge in [-0.15, -0.1) is 0 Å². The van der Waals surface area contributed by atoms with E-state index >= 15 is 0 Å². The van der Waals surface area contributed by atoms with E-state index in [0.29, 0.717) is 31.9 Å². The maximum Gasteiger partial charge on any atom is 0.183 e. The molecular formula is C21H24F2N2O4S2. The predicted molar refractivity (Wildman–Crippen MR) is 115 cm³/mol. The molecule has 0 N–H and O–H groups in total. The lowest BCUT2D eigenvalue weighted by molar-refractivity contribution is 0.201. The third kappa shape index (κ3) is 4.33. The van der Waals surface area contributed by atoms with Gasteiger partial charge < -0.3 is 4.90 Å². The molecule has 0 amide bonds. The van der Waals surface area contributed by atoms with Gasteiger partial charge in [0.2, 0.25) is 0 Å². The maximum atomic E-state index is 14.1. The van der Waals surface area contributed by atoms with Gasteiger partial charge in [0.15, 0.2) is 19.7 Å². The zero-order chi connectivity index (χ0) is 22.4. The van der Waals surface area contributed by atoms with E-state index in [4.69, 9.17) is 0 Å². The van der Waals surface area contributed by atoms with Crippen LogP contribution in [0.25, 0.3) is 0 Å². The molecule has 0 aromatic heterocycles. The minimum Gasteiger partial charge on any atom is -0.367 e. The summed E-state index contributed by atoms with van der Waals surface area (Å²) in [4.78, 5) is 3.69. The number of nitrogens with zero attached hydrogens (tertiary/aromatic N) is 2. The van der Waals surface area contributed by atoms with E-state index in [0.717, 1.165) is 6.07 Å². The van der Waals surface area contributed by atoms with Gasteiger partial charge >= 0.3 is 0 Å². The fourth-order valence-electron chi connectivity index (χ4n) is 4.41. The third-order valence-electron chi connectivity index (χ3n) is 6.10. The molecule has 0 spiro atoms. The fraction of sp³-hybridized carbons (Fsp3) is 0.429. The van der Waals surface area contributed by atoms with Crippen LogP contribution in [0.3, 0.4) is 0 Å². The Bertz CT molecular complexity index is 1190. The fourth-order valence-corrected chi connectivity index (χ4v) is 9.32. The van der Waals surface area contributed by atoms with Crippen molar-refractivity contribution >= 4 is 25.4 Å². The first kappa shape index (κ1) is 22.2. The van der Waals surface area contributed by atoms with Gasteiger partial charge in [0.1, 0.15) is 11.6 Å². The number of anilines is 1. The zero-order valence-corrected chi connectivity index (χ0v) is 18.7. The van der Waals surface area contributed by atoms with Crippen LogP contribution < -0.4 is 4.90 Å². The smallest absolute Gasteiger partial charge is 0.183 e. The minimum atomic E-state index is -3.98. The molecule has 6 nitrogen and oxygen atoms in total. The van der Waals surface area contributed by atoms with E-state index in [-0.39, 0.29) is 22.0 Å². The molecule has 0 aliphatic carbocycles. The summed E-state index contributed by atoms with van der Waals surface area (Å²) in [5.74, 6) is -1.54. The molecule has 0 saturated carbocycles. The molecule has 2 aliphatic heterocycles. The van der Waals surface area contributed by atoms with Crippen LogP contribution in [0.1, 0.15) is 5.56 Å². The van der Waals surface area contributed by atoms with Crippen LogP contribution in [0.15, 0.2) is 47.4 Å². The van der Waals surface area contributed by atoms with E-state index in [9.17, 15) is 25.6 Å². The van der Waals surface area contributed by atoms with Gasteiger partial charge in [-0.05, 0) is 42.8 Å². The van der Waals surface area contributed by atoms with Crippen molar-refractivity contribution in [2.75, 3.05) is 42.6 Å². The van der Waals surface area contributed by atoms with E-state index in [1.165, 1.54) is 25.1 Å². The van der Waals surface area contributed by atoms with Gasteiger partial charge in [-0.3, -0.25) is 4.90 Å². The largest absolute Gasteiger partial charge is 0.367 e. The molecular weight excluding hydrogens is 446 g/mol. The predicted octanol–water partition coefficient (Wildman–Crippen LogP) is 2.03. The number of halogens is 2. The molecule has 10 heteroatoms. The first-order chi connectivity index (χ1) is 14.6. The van der Waals surface area contributed by atoms with Crippen molar-refractivity contribution in [3.8, 4) is 0 Å². The highest BCUT2D eigenvalue weighted by Crippen LogP contribution is 2.31. The van der Waals surface area contributed by atoms with Crippen LogP contribution in [0.4, 0.5) is 14.5 Å². The lowest BCUT2D eigenvalue weighted by Gasteiger charge is -2.40. The van der Waals surface area contributed by atoms with Crippen LogP contribution in [0, 0.1) is 18.6 Å². The second-order valence-corrected chi connectivity index (χ2v) is 12.4. The number of aryl methyl sites for hydroxylation is 1. The number of hydrogen-bond donors (Lipinski definition) is 0. The van der Waals surface area contributed by atoms with Crippen LogP contribution >= 0.6 is 0 Å². The van der Waals surface area contributed by atoms with Crippen molar-refractivity contribution in [2.45, 2.75) is 23.1 Å². The van der Waals surface area contributed by atoms with Crippen molar-refractivity contribution < 1.29 is 25.6 Å². The highest BCUT2D eigenvalue weighted by Gasteiger charge is 2.48. The Morgan fingerprint density at radius 3 is 2.26 bits per heavy atom. The van der Waals surface area contributed by atoms with Gasteiger partial charge in [0.05, 0.1) is 27.3 Å². The summed E-state index contributed by atoms with van der Waals surface area (Å²) in [5, 5.41) is -1.12. The van der Waals surface area contributed by atoms with E-state index < -0.39 is 42.5 Å². The topological polar surface area (TPSA) is 74.8 Å². The van der Waals surface area contributed by atoms with Crippen molar-refractivity contribution in [1.29, 1.82) is 0 Å². The molecule has 2 saturated heterocycles. The maximum absolute atomic E-state index is 14.1. The molecule has 0 bridgehead atoms. The standard InChI is InChI=1S/C21H24F2N2O4S2/c1-15-12-16(6-7-17(15)22)31(28,29)21-14-30(26,27)13-20(21)25-10-8-24(9-11-25)19-5-3-2-4-18(19)23/h2-7,12,20-21H,8-11,13-14H2,1H3/t20-,21-/m0/s1. The van der Waals surface area contributed by atoms with Gasteiger partial charge in [0.25, 0.3) is 0 Å². The lowest BCUT2D eigenvalue weighted by atomic mass is 10.1. The molecule has 2 aliphatic rings. The second kappa shape index (κ2) is 8.14. The Kier molecular flexibility index (Phi) is 5.82. The summed E-state index contributed by atoms with van der Waals surface area (Å²) in [6, 6.07) is 9.29. The second-order valence-electron chi connectivity index (χ2n) is 8.11. The molecule has 31 heavy (non-hydrogen) atoms. The first-order valence-corrected chi connectivity index (χ1v) is 13.4. The van der Waals surface area contributed by atoms with Crippen molar-refractivity contribution in [3.05, 3.63) is 59.7 Å². The minimum absolute atomic E-state index is 0.0662. The molecule has 4 rings (SSSR count). The van der Waals surface area contributed by atoms with Gasteiger partial charge in [0, 0.05) is 32.2 Å². The monoisotopic (exact) mass is 470 g/mol. The average Bonchev–Trinajstić information content (AvgIpc) is 3.07. The van der Waals surface area contributed by atoms with Gasteiger partial charge in [-0.2, -0.15) is 0 Å². The number of para-hydroxylation sites is 1. The molecule has 2 heterocycles. The van der Waals surface area contributed by atoms with Crippen LogP contribution in [-0.2, 0) is 19.7 Å². The molecule has 2 aromatic carbocycles. The van der Waals surface area contributed by atoms with Crippen molar-refractivity contribution in [2.24, 2.45) is 0 Å². The SMILES string of the molecule is Cc1cc(S(=O)(=O)[C@H]2CS(=O)(=O)C[C@@H]2N2CCN(c3ccccc3F)CC2)ccc1F. The molecule has 2 aromatic rings. The summed E-state index contributed by atoms with van der Waals surface area (Å²) in [6.07, 6.45) is 0. The van der Waals surface area contributed by atoms with Gasteiger partial charge in [-0.1, -0.05) is 12.1 Å². The summed E-state index contributed by atoms with van der Waals surface area (Å²) < 4.78 is 79.1. The van der Waals surface area contributed by atoms with Crippen molar-refractivity contribution in [1.82, 2.24) is 4.90 Å². The summed E-state index contributed by atoms with van der Waals surface area (Å²) >= 11 is 0. The van der Waals surface area contributed by atoms with E-state index in [2.05, 4.69) is 0 Å². The van der Waals surface area contributed by atoms with Gasteiger partial charge in [-0.25, -0.2) is 25.6 Å². The van der Waals surface area contributed by atoms with E-state index in [1.807, 2.05) is 9.80 Å². The van der Waals surface area contributed by atoms with Crippen LogP contribution in [0.2, 0.25) is 0 Å². The highest BCUT2D eigenvalue weighted by molar-refractivity contribution is 7.96. The molecule has 0 radical (unpaired) electrons. The van der Waals surface area contributed by atoms with Crippen LogP contribution in [-0.4, -0.2) is 70.7 Å². The average molecular weight is 471 g/mol. The lowest BCUT2D eigenvalue weighted by Crippen LogP contribution is -2.55. The Morgan fingerprint density at radius 2 is 1.61 bits per heavy atom. The third-order valence-corrected chi connectivity index (χ3v) is 10.2. The number of rotatable bonds is 4. The molecule has 168 valence electrons. The Labute approximate surface area is 181 Å². The molecule has 0 unspecified atom stereocenters. The molecule has 2 fully saturated rings. The summed E-state index contributed by atoms with van der Waals surface area (Å²) in [5.41, 5.74) is 0.670. The number of sulfone groups is 2. The van der Waals surface area contributed by atoms with E-state index in [1.54, 1.807) is 18.2 Å². The quantitative estimate of drug-likeness (QED) is 0.637. The normalized spacial score (nSPS) is 24.4. The molecule has 2 atom stereocenters. The number of benzene rings is 2. The Morgan fingerprint density at radius 1 is 0.935 bits per heavy atom.